The Morgan fingerprint density at radius 1 is 0.862 bits per heavy atom. The minimum atomic E-state index is -1.33. The lowest BCUT2D eigenvalue weighted by atomic mass is 9.93. The van der Waals surface area contributed by atoms with Crippen molar-refractivity contribution < 1.29 is 33.4 Å². The van der Waals surface area contributed by atoms with Gasteiger partial charge in [-0.25, -0.2) is 0 Å². The van der Waals surface area contributed by atoms with Crippen molar-refractivity contribution in [3.63, 3.8) is 0 Å². The van der Waals surface area contributed by atoms with E-state index in [0.717, 1.165) is 11.1 Å². The molecule has 0 spiro atoms. The van der Waals surface area contributed by atoms with Gasteiger partial charge >= 0.3 is 0 Å². The van der Waals surface area contributed by atoms with Gasteiger partial charge in [0.1, 0.15) is 49.4 Å². The molecule has 1 heterocycles. The third kappa shape index (κ3) is 10.5. The number of nitrogens with two attached hydrogens (primary N) is 2. The number of rotatable bonds is 13. The molecule has 0 saturated carbocycles. The van der Waals surface area contributed by atoms with Crippen molar-refractivity contribution in [3.8, 4) is 39.8 Å². The van der Waals surface area contributed by atoms with Gasteiger partial charge in [0.25, 0.3) is 5.91 Å². The number of carbonyl (C=O) groups excluding carboxylic acids is 5. The molecular weight excluding hydrogens is 764 g/mol. The molecular formula is C42H45ClN8O7. The van der Waals surface area contributed by atoms with Crippen molar-refractivity contribution in [3.05, 3.63) is 107 Å². The number of halogens is 1. The maximum atomic E-state index is 14.2. The molecule has 8 N–H and O–H groups in total. The van der Waals surface area contributed by atoms with E-state index in [-0.39, 0.29) is 39.3 Å². The molecule has 5 rings (SSSR count). The summed E-state index contributed by atoms with van der Waals surface area (Å²) in [7, 11) is 1.41. The SMILES string of the molecule is C[C@@H]1NC(=O)[C@@H](N(C)C(=O)CNC(=O)c2ccc(-c3ccccc3Cl)cc2)c2ccc(OCCN)c(c2)-c2cc(ccc2OCCN)C[C@@H](C(=O)NCC#N)NC1=O. The highest BCUT2D eigenvalue weighted by Gasteiger charge is 2.33. The first kappa shape index (κ1) is 42.7. The molecule has 0 unspecified atom stereocenters. The smallest absolute Gasteiger partial charge is 0.251 e. The van der Waals surface area contributed by atoms with E-state index in [4.69, 9.17) is 37.8 Å². The summed E-state index contributed by atoms with van der Waals surface area (Å²) in [4.78, 5) is 69.2. The number of amides is 5. The Kier molecular flexibility index (Phi) is 14.8. The van der Waals surface area contributed by atoms with Crippen molar-refractivity contribution in [2.45, 2.75) is 31.5 Å². The zero-order valence-corrected chi connectivity index (χ0v) is 32.8. The molecule has 4 aromatic rings. The zero-order valence-electron chi connectivity index (χ0n) is 32.0. The first-order chi connectivity index (χ1) is 27.9. The Hall–Kier alpha value is -6.47. The first-order valence-corrected chi connectivity index (χ1v) is 18.9. The van der Waals surface area contributed by atoms with Crippen LogP contribution in [0.3, 0.4) is 0 Å². The maximum absolute atomic E-state index is 14.2. The number of hydrogen-bond acceptors (Lipinski definition) is 10. The molecule has 302 valence electrons. The third-order valence-corrected chi connectivity index (χ3v) is 9.66. The number of likely N-dealkylation sites (N-methyl/N-ethyl adjacent to an activating group) is 1. The van der Waals surface area contributed by atoms with Crippen LogP contribution in [0.15, 0.2) is 84.9 Å². The minimum absolute atomic E-state index is 0.0175. The first-order valence-electron chi connectivity index (χ1n) is 18.5. The molecule has 0 aliphatic carbocycles. The molecule has 0 saturated heterocycles. The molecule has 5 amide bonds. The number of fused-ring (bicyclic) bond motifs is 5. The van der Waals surface area contributed by atoms with E-state index < -0.39 is 54.2 Å². The van der Waals surface area contributed by atoms with Crippen LogP contribution in [0.4, 0.5) is 0 Å². The van der Waals surface area contributed by atoms with E-state index in [0.29, 0.717) is 44.3 Å². The molecule has 1 aliphatic rings. The summed E-state index contributed by atoms with van der Waals surface area (Å²) in [5.41, 5.74) is 15.4. The van der Waals surface area contributed by atoms with Crippen LogP contribution in [0.2, 0.25) is 5.02 Å². The van der Waals surface area contributed by atoms with Crippen LogP contribution in [0.5, 0.6) is 11.5 Å². The predicted molar refractivity (Wildman–Crippen MR) is 218 cm³/mol. The van der Waals surface area contributed by atoms with Crippen LogP contribution < -0.4 is 42.2 Å². The number of nitrogens with one attached hydrogen (secondary N) is 4. The summed E-state index contributed by atoms with van der Waals surface area (Å²) in [6, 6.07) is 22.4. The summed E-state index contributed by atoms with van der Waals surface area (Å²) in [6.07, 6.45) is 0.0175. The normalized spacial score (nSPS) is 16.4. The quantitative estimate of drug-likeness (QED) is 0.108. The molecule has 58 heavy (non-hydrogen) atoms. The Morgan fingerprint density at radius 2 is 1.52 bits per heavy atom. The van der Waals surface area contributed by atoms with Crippen LogP contribution in [0.1, 0.15) is 34.5 Å². The van der Waals surface area contributed by atoms with Gasteiger partial charge in [0, 0.05) is 53.8 Å². The van der Waals surface area contributed by atoms with Crippen LogP contribution in [-0.2, 0) is 25.6 Å². The molecule has 3 atom stereocenters. The Morgan fingerprint density at radius 3 is 2.17 bits per heavy atom. The average Bonchev–Trinajstić information content (AvgIpc) is 3.23. The maximum Gasteiger partial charge on any atom is 0.251 e. The van der Waals surface area contributed by atoms with Crippen molar-refractivity contribution in [1.82, 2.24) is 26.2 Å². The fourth-order valence-electron chi connectivity index (χ4n) is 6.36. The Labute approximate surface area is 341 Å². The summed E-state index contributed by atoms with van der Waals surface area (Å²) in [5, 5.41) is 20.1. The van der Waals surface area contributed by atoms with Crippen molar-refractivity contribution in [2.24, 2.45) is 11.5 Å². The lowest BCUT2D eigenvalue weighted by molar-refractivity contribution is -0.139. The lowest BCUT2D eigenvalue weighted by Crippen LogP contribution is -2.55. The predicted octanol–water partition coefficient (Wildman–Crippen LogP) is 2.46. The number of nitriles is 1. The van der Waals surface area contributed by atoms with Crippen molar-refractivity contribution in [2.75, 3.05) is 46.4 Å². The second kappa shape index (κ2) is 20.1. The van der Waals surface area contributed by atoms with Gasteiger partial charge in [-0.05, 0) is 66.1 Å². The lowest BCUT2D eigenvalue weighted by Gasteiger charge is -2.30. The zero-order chi connectivity index (χ0) is 41.8. The Balaban J connectivity index is 1.51. The molecule has 16 heteroatoms. The summed E-state index contributed by atoms with van der Waals surface area (Å²) in [6.45, 7) is 1.41. The minimum Gasteiger partial charge on any atom is -0.492 e. The van der Waals surface area contributed by atoms with Gasteiger partial charge < -0.3 is 47.1 Å². The highest BCUT2D eigenvalue weighted by Crippen LogP contribution is 2.40. The molecule has 4 aromatic carbocycles. The average molecular weight is 809 g/mol. The number of ether oxygens (including phenoxy) is 2. The molecule has 0 aromatic heterocycles. The van der Waals surface area contributed by atoms with E-state index in [1.165, 1.54) is 18.9 Å². The van der Waals surface area contributed by atoms with Crippen LogP contribution >= 0.6 is 11.6 Å². The van der Waals surface area contributed by atoms with Gasteiger partial charge in [-0.2, -0.15) is 5.26 Å². The van der Waals surface area contributed by atoms with Crippen molar-refractivity contribution in [1.29, 1.82) is 5.26 Å². The molecule has 0 radical (unpaired) electrons. The van der Waals surface area contributed by atoms with Gasteiger partial charge in [-0.1, -0.05) is 54.1 Å². The third-order valence-electron chi connectivity index (χ3n) is 9.33. The molecule has 4 bridgehead atoms. The number of benzene rings is 4. The van der Waals surface area contributed by atoms with Crippen LogP contribution in [0, 0.1) is 11.3 Å². The van der Waals surface area contributed by atoms with E-state index in [9.17, 15) is 24.0 Å². The van der Waals surface area contributed by atoms with Gasteiger partial charge in [-0.3, -0.25) is 24.0 Å². The van der Waals surface area contributed by atoms with Crippen LogP contribution in [0.25, 0.3) is 22.3 Å². The largest absolute Gasteiger partial charge is 0.492 e. The van der Waals surface area contributed by atoms with E-state index in [2.05, 4.69) is 21.3 Å². The van der Waals surface area contributed by atoms with Crippen LogP contribution in [-0.4, -0.2) is 93.0 Å². The van der Waals surface area contributed by atoms with Gasteiger partial charge in [0.05, 0.1) is 12.6 Å². The standard InChI is InChI=1S/C42H45ClN8O7/c1-25-39(53)50-34(41(55)47-18-15-44)22-26-7-13-35(57-19-16-45)31(21-26)32-23-29(12-14-36(32)58-20-17-46)38(42(56)49-25)51(2)37(52)24-48-40(54)28-10-8-27(9-11-28)30-5-3-4-6-33(30)43/h3-14,21,23,25,34,38H,16-20,22,24,45-46H2,1-2H3,(H,47,55)(H,48,54)(H,49,56)(H,50,53)/t25-,34-,38-/m0/s1. The summed E-state index contributed by atoms with van der Waals surface area (Å²) in [5.74, 6) is -2.35. The highest BCUT2D eigenvalue weighted by molar-refractivity contribution is 6.33. The van der Waals surface area contributed by atoms with Crippen molar-refractivity contribution >= 4 is 41.1 Å². The molecule has 0 fully saturated rings. The number of hydrogen-bond donors (Lipinski definition) is 6. The van der Waals surface area contributed by atoms with E-state index >= 15 is 0 Å². The fourth-order valence-corrected chi connectivity index (χ4v) is 6.60. The van der Waals surface area contributed by atoms with E-state index in [1.807, 2.05) is 24.3 Å². The fraction of sp³-hybridized carbons (Fsp3) is 0.286. The molecule has 1 aliphatic heterocycles. The van der Waals surface area contributed by atoms with Gasteiger partial charge in [0.2, 0.25) is 23.6 Å². The van der Waals surface area contributed by atoms with Gasteiger partial charge in [0.15, 0.2) is 0 Å². The second-order valence-electron chi connectivity index (χ2n) is 13.4. The van der Waals surface area contributed by atoms with E-state index in [1.54, 1.807) is 66.7 Å². The topological polar surface area (TPSA) is 231 Å². The number of carbonyl (C=O) groups is 5. The summed E-state index contributed by atoms with van der Waals surface area (Å²) < 4.78 is 12.1. The number of nitrogens with zero attached hydrogens (tertiary/aromatic N) is 2. The molecule has 15 nitrogen and oxygen atoms in total. The van der Waals surface area contributed by atoms with Gasteiger partial charge in [-0.15, -0.1) is 0 Å². The second-order valence-corrected chi connectivity index (χ2v) is 13.8. The monoisotopic (exact) mass is 808 g/mol. The highest BCUT2D eigenvalue weighted by atomic mass is 35.5. The Bertz CT molecular complexity index is 2190. The summed E-state index contributed by atoms with van der Waals surface area (Å²) >= 11 is 6.34.